The number of anilines is 1. The van der Waals surface area contributed by atoms with Crippen molar-refractivity contribution >= 4 is 17.6 Å². The first-order valence-electron chi connectivity index (χ1n) is 11.8. The predicted octanol–water partition coefficient (Wildman–Crippen LogP) is 5.17. The van der Waals surface area contributed by atoms with Gasteiger partial charge in [-0.1, -0.05) is 26.0 Å². The lowest BCUT2D eigenvalue weighted by molar-refractivity contribution is -0.133. The third-order valence-corrected chi connectivity index (χ3v) is 5.58. The van der Waals surface area contributed by atoms with E-state index in [0.717, 1.165) is 11.3 Å². The Morgan fingerprint density at radius 2 is 1.81 bits per heavy atom. The van der Waals surface area contributed by atoms with Crippen molar-refractivity contribution < 1.29 is 27.9 Å². The Labute approximate surface area is 209 Å². The monoisotopic (exact) mass is 495 g/mol. The SMILES string of the molecule is Cc1ccc(CN(Cc2ccc3c(c2)OCO3)C(=O)CN(CC(C)C)C(=O)Nc2cccc(F)c2)o1. The molecule has 3 aromatic rings. The second kappa shape index (κ2) is 11.2. The van der Waals surface area contributed by atoms with Crippen LogP contribution in [0.2, 0.25) is 0 Å². The van der Waals surface area contributed by atoms with E-state index < -0.39 is 11.8 Å². The highest BCUT2D eigenvalue weighted by Gasteiger charge is 2.24. The van der Waals surface area contributed by atoms with Gasteiger partial charge in [0.05, 0.1) is 6.54 Å². The molecule has 0 fully saturated rings. The first-order chi connectivity index (χ1) is 17.3. The van der Waals surface area contributed by atoms with Crippen molar-refractivity contribution in [2.45, 2.75) is 33.9 Å². The highest BCUT2D eigenvalue weighted by Crippen LogP contribution is 2.33. The maximum Gasteiger partial charge on any atom is 0.322 e. The lowest BCUT2D eigenvalue weighted by Gasteiger charge is -2.28. The molecule has 0 atom stereocenters. The van der Waals surface area contributed by atoms with Crippen LogP contribution in [0.3, 0.4) is 0 Å². The van der Waals surface area contributed by atoms with Crippen LogP contribution in [0.4, 0.5) is 14.9 Å². The highest BCUT2D eigenvalue weighted by molar-refractivity contribution is 5.92. The van der Waals surface area contributed by atoms with Crippen LogP contribution in [0.5, 0.6) is 11.5 Å². The minimum absolute atomic E-state index is 0.117. The van der Waals surface area contributed by atoms with E-state index in [-0.39, 0.29) is 38.3 Å². The summed E-state index contributed by atoms with van der Waals surface area (Å²) in [7, 11) is 0. The number of nitrogens with one attached hydrogen (secondary N) is 1. The first-order valence-corrected chi connectivity index (χ1v) is 11.8. The normalized spacial score (nSPS) is 12.0. The van der Waals surface area contributed by atoms with Crippen LogP contribution in [-0.2, 0) is 17.9 Å². The zero-order chi connectivity index (χ0) is 25.7. The molecule has 1 aliphatic heterocycles. The molecule has 0 unspecified atom stereocenters. The molecule has 1 aromatic heterocycles. The molecule has 0 saturated heterocycles. The number of ether oxygens (including phenoxy) is 2. The van der Waals surface area contributed by atoms with Crippen molar-refractivity contribution in [2.75, 3.05) is 25.2 Å². The van der Waals surface area contributed by atoms with Gasteiger partial charge >= 0.3 is 6.03 Å². The molecular weight excluding hydrogens is 465 g/mol. The van der Waals surface area contributed by atoms with Gasteiger partial charge in [0.1, 0.15) is 23.9 Å². The topological polar surface area (TPSA) is 84.2 Å². The lowest BCUT2D eigenvalue weighted by Crippen LogP contribution is -2.45. The summed E-state index contributed by atoms with van der Waals surface area (Å²) in [6.45, 7) is 6.66. The molecule has 2 heterocycles. The number of nitrogens with zero attached hydrogens (tertiary/aromatic N) is 2. The summed E-state index contributed by atoms with van der Waals surface area (Å²) in [5, 5.41) is 2.69. The molecule has 0 saturated carbocycles. The van der Waals surface area contributed by atoms with Crippen molar-refractivity contribution in [1.29, 1.82) is 0 Å². The van der Waals surface area contributed by atoms with E-state index in [4.69, 9.17) is 13.9 Å². The molecule has 0 bridgehead atoms. The number of hydrogen-bond acceptors (Lipinski definition) is 5. The van der Waals surface area contributed by atoms with Gasteiger partial charge in [0.15, 0.2) is 11.5 Å². The van der Waals surface area contributed by atoms with Crippen molar-refractivity contribution in [3.8, 4) is 11.5 Å². The molecule has 4 rings (SSSR count). The standard InChI is InChI=1S/C27H30FN3O5/c1-18(2)13-31(27(33)29-22-6-4-5-21(28)12-22)16-26(32)30(15-23-9-7-19(3)36-23)14-20-8-10-24-25(11-20)35-17-34-24/h4-12,18H,13-17H2,1-3H3,(H,29,33). The Bertz CT molecular complexity index is 1230. The molecule has 0 spiro atoms. The van der Waals surface area contributed by atoms with E-state index >= 15 is 0 Å². The molecular formula is C27H30FN3O5. The van der Waals surface area contributed by atoms with Crippen molar-refractivity contribution in [3.63, 3.8) is 0 Å². The van der Waals surface area contributed by atoms with Gasteiger partial charge in [0, 0.05) is 18.8 Å². The highest BCUT2D eigenvalue weighted by atomic mass is 19.1. The number of halogens is 1. The van der Waals surface area contributed by atoms with Crippen LogP contribution in [0.1, 0.15) is 30.9 Å². The van der Waals surface area contributed by atoms with Crippen molar-refractivity contribution in [1.82, 2.24) is 9.80 Å². The van der Waals surface area contributed by atoms with Crippen molar-refractivity contribution in [3.05, 3.63) is 77.5 Å². The summed E-state index contributed by atoms with van der Waals surface area (Å²) in [6.07, 6.45) is 0. The van der Waals surface area contributed by atoms with E-state index in [0.29, 0.717) is 29.5 Å². The fourth-order valence-electron chi connectivity index (χ4n) is 3.94. The van der Waals surface area contributed by atoms with Crippen LogP contribution >= 0.6 is 0 Å². The van der Waals surface area contributed by atoms with Gasteiger partial charge in [-0.25, -0.2) is 9.18 Å². The number of benzene rings is 2. The average Bonchev–Trinajstić information content (AvgIpc) is 3.46. The largest absolute Gasteiger partial charge is 0.464 e. The van der Waals surface area contributed by atoms with Gasteiger partial charge in [-0.05, 0) is 60.9 Å². The maximum absolute atomic E-state index is 13.6. The second-order valence-electron chi connectivity index (χ2n) is 9.16. The molecule has 8 nitrogen and oxygen atoms in total. The number of carbonyl (C=O) groups is 2. The fourth-order valence-corrected chi connectivity index (χ4v) is 3.94. The Hall–Kier alpha value is -4.01. The molecule has 0 radical (unpaired) electrons. The van der Waals surface area contributed by atoms with Crippen LogP contribution in [0.15, 0.2) is 59.0 Å². The van der Waals surface area contributed by atoms with E-state index in [1.165, 1.54) is 23.1 Å². The number of carbonyl (C=O) groups excluding carboxylic acids is 2. The molecule has 190 valence electrons. The average molecular weight is 496 g/mol. The van der Waals surface area contributed by atoms with Crippen LogP contribution in [0.25, 0.3) is 0 Å². The minimum atomic E-state index is -0.473. The molecule has 2 aromatic carbocycles. The zero-order valence-electron chi connectivity index (χ0n) is 20.6. The minimum Gasteiger partial charge on any atom is -0.464 e. The summed E-state index contributed by atoms with van der Waals surface area (Å²) < 4.78 is 30.2. The molecule has 1 N–H and O–H groups in total. The van der Waals surface area contributed by atoms with Gasteiger partial charge < -0.3 is 29.0 Å². The number of amides is 3. The third-order valence-electron chi connectivity index (χ3n) is 5.58. The van der Waals surface area contributed by atoms with E-state index in [9.17, 15) is 14.0 Å². The van der Waals surface area contributed by atoms with Crippen molar-refractivity contribution in [2.24, 2.45) is 5.92 Å². The molecule has 36 heavy (non-hydrogen) atoms. The Morgan fingerprint density at radius 3 is 2.53 bits per heavy atom. The van der Waals surface area contributed by atoms with Gasteiger partial charge in [-0.15, -0.1) is 0 Å². The first kappa shape index (κ1) is 25.1. The summed E-state index contributed by atoms with van der Waals surface area (Å²) >= 11 is 0. The van der Waals surface area contributed by atoms with Crippen LogP contribution in [0, 0.1) is 18.7 Å². The Balaban J connectivity index is 1.52. The van der Waals surface area contributed by atoms with E-state index in [2.05, 4.69) is 5.32 Å². The summed E-state index contributed by atoms with van der Waals surface area (Å²) in [5.74, 6) is 2.09. The summed E-state index contributed by atoms with van der Waals surface area (Å²) in [6, 6.07) is 14.4. The molecule has 3 amide bonds. The Kier molecular flexibility index (Phi) is 7.77. The third kappa shape index (κ3) is 6.56. The number of hydrogen-bond donors (Lipinski definition) is 1. The number of furan rings is 1. The van der Waals surface area contributed by atoms with Gasteiger partial charge in [0.2, 0.25) is 12.7 Å². The van der Waals surface area contributed by atoms with Crippen LogP contribution in [-0.4, -0.2) is 41.6 Å². The number of rotatable bonds is 9. The Morgan fingerprint density at radius 1 is 1.00 bits per heavy atom. The summed E-state index contributed by atoms with van der Waals surface area (Å²) in [5.41, 5.74) is 1.18. The van der Waals surface area contributed by atoms with Gasteiger partial charge in [-0.3, -0.25) is 4.79 Å². The number of urea groups is 1. The fraction of sp³-hybridized carbons (Fsp3) is 0.333. The van der Waals surface area contributed by atoms with Gasteiger partial charge in [-0.2, -0.15) is 0 Å². The zero-order valence-corrected chi connectivity index (χ0v) is 20.6. The number of aryl methyl sites for hydroxylation is 1. The smallest absolute Gasteiger partial charge is 0.322 e. The van der Waals surface area contributed by atoms with E-state index in [1.807, 2.05) is 51.1 Å². The second-order valence-corrected chi connectivity index (χ2v) is 9.16. The molecule has 9 heteroatoms. The molecule has 1 aliphatic rings. The van der Waals surface area contributed by atoms with Gasteiger partial charge in [0.25, 0.3) is 0 Å². The molecule has 0 aliphatic carbocycles. The summed E-state index contributed by atoms with van der Waals surface area (Å²) in [4.78, 5) is 29.7. The predicted molar refractivity (Wildman–Crippen MR) is 132 cm³/mol. The van der Waals surface area contributed by atoms with Crippen LogP contribution < -0.4 is 14.8 Å². The quantitative estimate of drug-likeness (QED) is 0.443. The lowest BCUT2D eigenvalue weighted by atomic mass is 10.1. The van der Waals surface area contributed by atoms with E-state index in [1.54, 1.807) is 11.0 Å². The number of fused-ring (bicyclic) bond motifs is 1. The maximum atomic E-state index is 13.6.